The van der Waals surface area contributed by atoms with Gasteiger partial charge in [0, 0.05) is 4.90 Å². The highest BCUT2D eigenvalue weighted by Gasteiger charge is 2.27. The molecule has 1 heterocycles. The molecule has 0 spiro atoms. The van der Waals surface area contributed by atoms with Gasteiger partial charge < -0.3 is 5.32 Å². The topological polar surface area (TPSA) is 90.1 Å². The second kappa shape index (κ2) is 6.82. The van der Waals surface area contributed by atoms with Gasteiger partial charge in [-0.2, -0.15) is 5.10 Å². The largest absolute Gasteiger partial charge is 0.323 e. The van der Waals surface area contributed by atoms with Crippen molar-refractivity contribution in [3.8, 4) is 0 Å². The molecule has 0 radical (unpaired) electrons. The lowest BCUT2D eigenvalue weighted by molar-refractivity contribution is -0.386. The van der Waals surface area contributed by atoms with E-state index in [1.807, 2.05) is 30.5 Å². The monoisotopic (exact) mass is 334 g/mol. The highest BCUT2D eigenvalue weighted by molar-refractivity contribution is 7.98. The predicted octanol–water partition coefficient (Wildman–Crippen LogP) is 3.33. The van der Waals surface area contributed by atoms with Crippen LogP contribution in [0.5, 0.6) is 0 Å². The number of aryl methyl sites for hydroxylation is 1. The Bertz CT molecular complexity index is 757. The Morgan fingerprint density at radius 2 is 2.04 bits per heavy atom. The van der Waals surface area contributed by atoms with Crippen LogP contribution in [0.3, 0.4) is 0 Å². The van der Waals surface area contributed by atoms with Crippen molar-refractivity contribution in [3.63, 3.8) is 0 Å². The first kappa shape index (κ1) is 17.0. The van der Waals surface area contributed by atoms with Crippen molar-refractivity contribution in [2.24, 2.45) is 0 Å². The number of carbonyl (C=O) groups excluding carboxylic acids is 1. The van der Waals surface area contributed by atoms with E-state index < -0.39 is 11.0 Å². The van der Waals surface area contributed by atoms with Gasteiger partial charge in [-0.15, -0.1) is 11.8 Å². The van der Waals surface area contributed by atoms with Crippen LogP contribution in [-0.4, -0.2) is 26.9 Å². The highest BCUT2D eigenvalue weighted by Crippen LogP contribution is 2.27. The zero-order chi connectivity index (χ0) is 17.1. The number of hydrogen-bond donors (Lipinski definition) is 1. The van der Waals surface area contributed by atoms with E-state index in [9.17, 15) is 14.9 Å². The summed E-state index contributed by atoms with van der Waals surface area (Å²) < 4.78 is 1.39. The average Bonchev–Trinajstić information content (AvgIpc) is 2.81. The van der Waals surface area contributed by atoms with Crippen molar-refractivity contribution in [3.05, 3.63) is 45.8 Å². The second-order valence-corrected chi connectivity index (χ2v) is 5.93. The Hall–Kier alpha value is -2.35. The molecule has 23 heavy (non-hydrogen) atoms. The summed E-state index contributed by atoms with van der Waals surface area (Å²) in [7, 11) is 0. The number of rotatable bonds is 5. The van der Waals surface area contributed by atoms with E-state index in [1.165, 1.54) is 16.4 Å². The van der Waals surface area contributed by atoms with Gasteiger partial charge in [-0.3, -0.25) is 19.6 Å². The average molecular weight is 334 g/mol. The number of nitrogens with zero attached hydrogens (tertiary/aromatic N) is 3. The first-order valence-corrected chi connectivity index (χ1v) is 8.23. The van der Waals surface area contributed by atoms with Crippen molar-refractivity contribution in [1.29, 1.82) is 0 Å². The summed E-state index contributed by atoms with van der Waals surface area (Å²) in [5.41, 5.74) is 1.34. The molecule has 1 aromatic carbocycles. The summed E-state index contributed by atoms with van der Waals surface area (Å²) in [5, 5.41) is 18.1. The third kappa shape index (κ3) is 3.37. The van der Waals surface area contributed by atoms with Gasteiger partial charge in [-0.25, -0.2) is 0 Å². The van der Waals surface area contributed by atoms with Crippen molar-refractivity contribution < 1.29 is 9.72 Å². The van der Waals surface area contributed by atoms with Crippen molar-refractivity contribution >= 4 is 29.0 Å². The molecule has 7 nitrogen and oxygen atoms in total. The SMILES string of the molecule is CSc1ccccc1NC(=O)[C@@H](C)n1nc(C)c([N+](=O)[O-])c1C. The van der Waals surface area contributed by atoms with E-state index in [0.29, 0.717) is 17.1 Å². The van der Waals surface area contributed by atoms with E-state index >= 15 is 0 Å². The lowest BCUT2D eigenvalue weighted by atomic mass is 10.2. The number of benzene rings is 1. The molecule has 8 heteroatoms. The van der Waals surface area contributed by atoms with E-state index in [-0.39, 0.29) is 11.6 Å². The van der Waals surface area contributed by atoms with Crippen LogP contribution in [-0.2, 0) is 4.79 Å². The second-order valence-electron chi connectivity index (χ2n) is 5.09. The van der Waals surface area contributed by atoms with Crippen molar-refractivity contribution in [2.75, 3.05) is 11.6 Å². The van der Waals surface area contributed by atoms with Gasteiger partial charge in [0.25, 0.3) is 0 Å². The molecule has 0 aliphatic heterocycles. The van der Waals surface area contributed by atoms with Gasteiger partial charge in [-0.1, -0.05) is 12.1 Å². The van der Waals surface area contributed by atoms with Crippen LogP contribution in [0.1, 0.15) is 24.4 Å². The molecular formula is C15H18N4O3S. The standard InChI is InChI=1S/C15H18N4O3S/c1-9-14(19(21)22)10(2)18(17-9)11(3)15(20)16-12-7-5-6-8-13(12)23-4/h5-8,11H,1-4H3,(H,16,20)/t11-/m1/s1. The molecule has 1 N–H and O–H groups in total. The maximum Gasteiger partial charge on any atom is 0.312 e. The maximum absolute atomic E-state index is 12.5. The summed E-state index contributed by atoms with van der Waals surface area (Å²) in [5.74, 6) is -0.271. The fourth-order valence-electron chi connectivity index (χ4n) is 2.39. The Morgan fingerprint density at radius 3 is 2.61 bits per heavy atom. The van der Waals surface area contributed by atoms with E-state index in [1.54, 1.807) is 20.8 Å². The minimum Gasteiger partial charge on any atom is -0.323 e. The van der Waals surface area contributed by atoms with Gasteiger partial charge in [-0.05, 0) is 39.2 Å². The van der Waals surface area contributed by atoms with Crippen LogP contribution < -0.4 is 5.32 Å². The molecule has 2 rings (SSSR count). The summed E-state index contributed by atoms with van der Waals surface area (Å²) in [6, 6.07) is 6.82. The van der Waals surface area contributed by atoms with Crippen LogP contribution in [0.4, 0.5) is 11.4 Å². The molecule has 0 saturated heterocycles. The summed E-state index contributed by atoms with van der Waals surface area (Å²) in [6.45, 7) is 4.83. The fraction of sp³-hybridized carbons (Fsp3) is 0.333. The molecule has 0 fully saturated rings. The fourth-order valence-corrected chi connectivity index (χ4v) is 2.95. The third-order valence-electron chi connectivity index (χ3n) is 3.58. The van der Waals surface area contributed by atoms with Crippen molar-refractivity contribution in [2.45, 2.75) is 31.7 Å². The van der Waals surface area contributed by atoms with E-state index in [2.05, 4.69) is 10.4 Å². The van der Waals surface area contributed by atoms with E-state index in [0.717, 1.165) is 4.90 Å². The molecule has 0 aliphatic rings. The molecule has 122 valence electrons. The Kier molecular flexibility index (Phi) is 5.05. The number of aromatic nitrogens is 2. The molecule has 1 amide bonds. The molecule has 2 aromatic rings. The number of nitrogens with one attached hydrogen (secondary N) is 1. The number of para-hydroxylation sites is 1. The molecule has 1 aromatic heterocycles. The Morgan fingerprint density at radius 1 is 1.39 bits per heavy atom. The first-order chi connectivity index (χ1) is 10.9. The van der Waals surface area contributed by atoms with Crippen LogP contribution in [0.15, 0.2) is 29.2 Å². The lowest BCUT2D eigenvalue weighted by Crippen LogP contribution is -2.25. The third-order valence-corrected chi connectivity index (χ3v) is 4.38. The highest BCUT2D eigenvalue weighted by atomic mass is 32.2. The number of thioether (sulfide) groups is 1. The van der Waals surface area contributed by atoms with E-state index in [4.69, 9.17) is 0 Å². The zero-order valence-electron chi connectivity index (χ0n) is 13.4. The summed E-state index contributed by atoms with van der Waals surface area (Å²) in [6.07, 6.45) is 1.93. The van der Waals surface area contributed by atoms with Gasteiger partial charge in [0.1, 0.15) is 17.4 Å². The lowest BCUT2D eigenvalue weighted by Gasteiger charge is -2.15. The molecule has 0 saturated carbocycles. The van der Waals surface area contributed by atoms with Crippen LogP contribution in [0.2, 0.25) is 0 Å². The van der Waals surface area contributed by atoms with Crippen molar-refractivity contribution in [1.82, 2.24) is 9.78 Å². The molecular weight excluding hydrogens is 316 g/mol. The first-order valence-electron chi connectivity index (χ1n) is 7.00. The van der Waals surface area contributed by atoms with Gasteiger partial charge in [0.2, 0.25) is 5.91 Å². The smallest absolute Gasteiger partial charge is 0.312 e. The number of nitro groups is 1. The Balaban J connectivity index is 2.27. The van der Waals surface area contributed by atoms with Gasteiger partial charge in [0.05, 0.1) is 10.6 Å². The number of amides is 1. The molecule has 0 unspecified atom stereocenters. The quantitative estimate of drug-likeness (QED) is 0.514. The minimum absolute atomic E-state index is 0.0471. The zero-order valence-corrected chi connectivity index (χ0v) is 14.2. The summed E-state index contributed by atoms with van der Waals surface area (Å²) in [4.78, 5) is 24.0. The van der Waals surface area contributed by atoms with Crippen LogP contribution >= 0.6 is 11.8 Å². The van der Waals surface area contributed by atoms with Gasteiger partial charge >= 0.3 is 5.69 Å². The predicted molar refractivity (Wildman–Crippen MR) is 89.9 cm³/mol. The Labute approximate surface area is 138 Å². The number of carbonyl (C=O) groups is 1. The normalized spacial score (nSPS) is 12.0. The molecule has 1 atom stereocenters. The number of anilines is 1. The molecule has 0 aliphatic carbocycles. The van der Waals surface area contributed by atoms with Gasteiger partial charge in [0.15, 0.2) is 0 Å². The van der Waals surface area contributed by atoms with Crippen LogP contribution in [0.25, 0.3) is 0 Å². The maximum atomic E-state index is 12.5. The minimum atomic E-state index is -0.655. The number of hydrogen-bond acceptors (Lipinski definition) is 5. The molecule has 0 bridgehead atoms. The summed E-state index contributed by atoms with van der Waals surface area (Å²) >= 11 is 1.53. The van der Waals surface area contributed by atoms with Crippen LogP contribution in [0, 0.1) is 24.0 Å².